The van der Waals surface area contributed by atoms with Crippen LogP contribution in [0.3, 0.4) is 0 Å². The van der Waals surface area contributed by atoms with Crippen molar-refractivity contribution in [1.82, 2.24) is 9.97 Å². The minimum Gasteiger partial charge on any atom is -0.302 e. The highest BCUT2D eigenvalue weighted by Crippen LogP contribution is 2.57. The lowest BCUT2D eigenvalue weighted by molar-refractivity contribution is 0.0698. The van der Waals surface area contributed by atoms with Crippen molar-refractivity contribution in [3.63, 3.8) is 0 Å². The van der Waals surface area contributed by atoms with Gasteiger partial charge in [0.1, 0.15) is 6.17 Å². The van der Waals surface area contributed by atoms with Gasteiger partial charge in [0.25, 0.3) is 0 Å². The van der Waals surface area contributed by atoms with E-state index in [2.05, 4.69) is 126 Å². The van der Waals surface area contributed by atoms with Crippen LogP contribution in [0.25, 0.3) is 0 Å². The second-order valence-electron chi connectivity index (χ2n) is 13.6. The number of hydrogen-bond acceptors (Lipinski definition) is 4. The first kappa shape index (κ1) is 27.7. The molecule has 1 saturated carbocycles. The lowest BCUT2D eigenvalue weighted by Crippen LogP contribution is -2.39. The van der Waals surface area contributed by atoms with Gasteiger partial charge in [0.15, 0.2) is 11.6 Å². The minimum atomic E-state index is 0.0499. The second kappa shape index (κ2) is 10.3. The molecule has 2 heterocycles. The van der Waals surface area contributed by atoms with Gasteiger partial charge in [0.2, 0.25) is 0 Å². The van der Waals surface area contributed by atoms with Crippen LogP contribution in [0.1, 0.15) is 111 Å². The number of fused-ring (bicyclic) bond motifs is 1. The normalized spacial score (nSPS) is 22.0. The number of benzene rings is 2. The van der Waals surface area contributed by atoms with E-state index in [1.54, 1.807) is 0 Å². The van der Waals surface area contributed by atoms with Crippen molar-refractivity contribution in [2.24, 2.45) is 10.8 Å². The molecular formula is C35H48N4. The van der Waals surface area contributed by atoms with Crippen LogP contribution in [0.4, 0.5) is 23.0 Å². The molecule has 3 aromatic rings. The van der Waals surface area contributed by atoms with Gasteiger partial charge >= 0.3 is 0 Å². The molecule has 1 fully saturated rings. The predicted molar refractivity (Wildman–Crippen MR) is 165 cm³/mol. The average molecular weight is 525 g/mol. The fourth-order valence-corrected chi connectivity index (χ4v) is 7.96. The van der Waals surface area contributed by atoms with E-state index < -0.39 is 0 Å². The van der Waals surface area contributed by atoms with E-state index in [0.717, 1.165) is 42.3 Å². The Morgan fingerprint density at radius 3 is 2.15 bits per heavy atom. The van der Waals surface area contributed by atoms with Crippen LogP contribution in [0.2, 0.25) is 0 Å². The summed E-state index contributed by atoms with van der Waals surface area (Å²) in [7, 11) is 0. The molecule has 0 saturated heterocycles. The molecule has 2 aromatic carbocycles. The predicted octanol–water partition coefficient (Wildman–Crippen LogP) is 9.90. The molecule has 0 N–H and O–H groups in total. The molecule has 5 rings (SSSR count). The summed E-state index contributed by atoms with van der Waals surface area (Å²) in [4.78, 5) is 15.6. The quantitative estimate of drug-likeness (QED) is 0.308. The first-order valence-corrected chi connectivity index (χ1v) is 15.1. The minimum absolute atomic E-state index is 0.0499. The summed E-state index contributed by atoms with van der Waals surface area (Å²) in [6, 6.07) is 19.7. The maximum Gasteiger partial charge on any atom is 0.178 e. The van der Waals surface area contributed by atoms with E-state index in [1.807, 2.05) is 0 Å². The Kier molecular flexibility index (Phi) is 7.28. The smallest absolute Gasteiger partial charge is 0.178 e. The number of anilines is 4. The first-order valence-electron chi connectivity index (χ1n) is 15.1. The summed E-state index contributed by atoms with van der Waals surface area (Å²) in [6.45, 7) is 19.1. The standard InChI is InChI=1S/C35H48N4/c1-9-21-35(8,10-2)27-19-14-15-20-29(27)39-25(3)38(26-17-12-11-13-18-26)31-32(39)37-28(24-36-31)30-33(4,5)22-16-23-34(30,6)7/h11-15,17-20,24-25,30H,9-10,16,21-23H2,1-8H3. The summed E-state index contributed by atoms with van der Waals surface area (Å²) in [5.74, 6) is 2.30. The van der Waals surface area contributed by atoms with Crippen LogP contribution in [0, 0.1) is 10.8 Å². The lowest BCUT2D eigenvalue weighted by atomic mass is 9.56. The maximum absolute atomic E-state index is 5.57. The van der Waals surface area contributed by atoms with Crippen molar-refractivity contribution in [2.75, 3.05) is 9.80 Å². The number of nitrogens with zero attached hydrogens (tertiary/aromatic N) is 4. The molecule has 1 aromatic heterocycles. The fraction of sp³-hybridized carbons (Fsp3) is 0.543. The molecule has 2 aliphatic rings. The van der Waals surface area contributed by atoms with Crippen LogP contribution in [0.5, 0.6) is 0 Å². The van der Waals surface area contributed by atoms with Crippen molar-refractivity contribution in [3.05, 3.63) is 72.1 Å². The third-order valence-corrected chi connectivity index (χ3v) is 9.89. The van der Waals surface area contributed by atoms with Crippen LogP contribution in [0.15, 0.2) is 60.8 Å². The molecule has 2 unspecified atom stereocenters. The summed E-state index contributed by atoms with van der Waals surface area (Å²) in [5, 5.41) is 0. The maximum atomic E-state index is 5.57. The van der Waals surface area contributed by atoms with E-state index >= 15 is 0 Å². The van der Waals surface area contributed by atoms with E-state index in [1.165, 1.54) is 30.5 Å². The van der Waals surface area contributed by atoms with Crippen LogP contribution < -0.4 is 9.80 Å². The molecule has 4 nitrogen and oxygen atoms in total. The largest absolute Gasteiger partial charge is 0.302 e. The highest BCUT2D eigenvalue weighted by molar-refractivity contribution is 5.84. The number of rotatable bonds is 7. The molecule has 208 valence electrons. The lowest BCUT2D eigenvalue weighted by Gasteiger charge is -2.49. The Bertz CT molecular complexity index is 1280. The third kappa shape index (κ3) is 4.74. The summed E-state index contributed by atoms with van der Waals surface area (Å²) < 4.78 is 0. The van der Waals surface area contributed by atoms with Gasteiger partial charge in [-0.2, -0.15) is 0 Å². The molecule has 1 aliphatic carbocycles. The van der Waals surface area contributed by atoms with E-state index in [-0.39, 0.29) is 22.4 Å². The van der Waals surface area contributed by atoms with Crippen molar-refractivity contribution in [3.8, 4) is 0 Å². The topological polar surface area (TPSA) is 32.3 Å². The zero-order valence-electron chi connectivity index (χ0n) is 25.5. The molecule has 0 bridgehead atoms. The molecule has 0 amide bonds. The zero-order chi connectivity index (χ0) is 28.0. The first-order chi connectivity index (χ1) is 18.5. The van der Waals surface area contributed by atoms with Gasteiger partial charge in [-0.1, -0.05) is 97.7 Å². The zero-order valence-corrected chi connectivity index (χ0v) is 25.5. The van der Waals surface area contributed by atoms with Gasteiger partial charge in [-0.25, -0.2) is 9.97 Å². The Labute approximate surface area is 236 Å². The number of para-hydroxylation sites is 2. The SMILES string of the molecule is CCCC(C)(CC)c1ccccc1N1c2nc(C3C(C)(C)CCCC3(C)C)cnc2N(c2ccccc2)C1C. The van der Waals surface area contributed by atoms with Crippen molar-refractivity contribution < 1.29 is 0 Å². The summed E-state index contributed by atoms with van der Waals surface area (Å²) in [6.07, 6.45) is 9.30. The van der Waals surface area contributed by atoms with Crippen molar-refractivity contribution in [2.45, 2.75) is 111 Å². The second-order valence-corrected chi connectivity index (χ2v) is 13.6. The highest BCUT2D eigenvalue weighted by Gasteiger charge is 2.47. The van der Waals surface area contributed by atoms with E-state index in [4.69, 9.17) is 9.97 Å². The Morgan fingerprint density at radius 1 is 0.872 bits per heavy atom. The van der Waals surface area contributed by atoms with Crippen molar-refractivity contribution >= 4 is 23.0 Å². The molecule has 0 radical (unpaired) electrons. The van der Waals surface area contributed by atoms with Gasteiger partial charge in [-0.05, 0) is 72.6 Å². The van der Waals surface area contributed by atoms with Crippen LogP contribution >= 0.6 is 0 Å². The van der Waals surface area contributed by atoms with Gasteiger partial charge in [-0.15, -0.1) is 0 Å². The van der Waals surface area contributed by atoms with E-state index in [9.17, 15) is 0 Å². The molecule has 2 atom stereocenters. The fourth-order valence-electron chi connectivity index (χ4n) is 7.96. The molecule has 39 heavy (non-hydrogen) atoms. The van der Waals surface area contributed by atoms with Gasteiger partial charge < -0.3 is 9.80 Å². The van der Waals surface area contributed by atoms with Gasteiger partial charge in [0.05, 0.1) is 11.9 Å². The van der Waals surface area contributed by atoms with Crippen molar-refractivity contribution in [1.29, 1.82) is 0 Å². The molecular weight excluding hydrogens is 476 g/mol. The number of aromatic nitrogens is 2. The van der Waals surface area contributed by atoms with Crippen LogP contribution in [-0.2, 0) is 5.41 Å². The average Bonchev–Trinajstić information content (AvgIpc) is 3.19. The monoisotopic (exact) mass is 524 g/mol. The molecule has 0 spiro atoms. The summed E-state index contributed by atoms with van der Waals surface area (Å²) >= 11 is 0. The molecule has 4 heteroatoms. The Hall–Kier alpha value is -2.88. The van der Waals surface area contributed by atoms with Crippen LogP contribution in [-0.4, -0.2) is 16.1 Å². The third-order valence-electron chi connectivity index (χ3n) is 9.89. The number of hydrogen-bond donors (Lipinski definition) is 0. The van der Waals surface area contributed by atoms with E-state index in [0.29, 0.717) is 5.92 Å². The highest BCUT2D eigenvalue weighted by atomic mass is 15.5. The Balaban J connectivity index is 1.72. The Morgan fingerprint density at radius 2 is 1.51 bits per heavy atom. The summed E-state index contributed by atoms with van der Waals surface area (Å²) in [5.41, 5.74) is 5.42. The van der Waals surface area contributed by atoms with Gasteiger partial charge in [0, 0.05) is 17.3 Å². The molecule has 1 aliphatic heterocycles. The van der Waals surface area contributed by atoms with Gasteiger partial charge in [-0.3, -0.25) is 0 Å².